The molecule has 0 spiro atoms. The minimum atomic E-state index is -3.13. The molecule has 0 bridgehead atoms. The van der Waals surface area contributed by atoms with E-state index in [2.05, 4.69) is 21.9 Å². The van der Waals surface area contributed by atoms with Crippen LogP contribution in [0.15, 0.2) is 48.8 Å². The molecule has 1 aliphatic carbocycles. The van der Waals surface area contributed by atoms with Crippen LogP contribution < -0.4 is 9.47 Å². The minimum absolute atomic E-state index is 0.153. The summed E-state index contributed by atoms with van der Waals surface area (Å²) >= 11 is 0. The van der Waals surface area contributed by atoms with Gasteiger partial charge in [-0.1, -0.05) is 83.3 Å². The lowest BCUT2D eigenvalue weighted by Crippen LogP contribution is -2.30. The van der Waals surface area contributed by atoms with Crippen molar-refractivity contribution in [1.29, 1.82) is 0 Å². The summed E-state index contributed by atoms with van der Waals surface area (Å²) in [6.45, 7) is 2.87. The van der Waals surface area contributed by atoms with E-state index >= 15 is 8.78 Å². The van der Waals surface area contributed by atoms with Gasteiger partial charge in [-0.15, -0.1) is 0 Å². The fourth-order valence-corrected chi connectivity index (χ4v) is 5.30. The monoisotopic (exact) mass is 549 g/mol. The predicted molar refractivity (Wildman–Crippen MR) is 154 cm³/mol. The van der Waals surface area contributed by atoms with Gasteiger partial charge in [0.25, 0.3) is 0 Å². The molecular formula is C33H41F2N3O2. The maximum absolute atomic E-state index is 15.1. The van der Waals surface area contributed by atoms with Gasteiger partial charge in [0.2, 0.25) is 0 Å². The SMILES string of the molecule is CCCCCCCC1Oc2ccc(-c3ncc(-c4ccc(OCCCCCCC5CC5)cc4)cn3)nc2C1(F)F. The number of fused-ring (bicyclic) bond motifs is 1. The number of aromatic nitrogens is 3. The quantitative estimate of drug-likeness (QED) is 0.167. The summed E-state index contributed by atoms with van der Waals surface area (Å²) in [7, 11) is 0. The molecule has 3 aromatic rings. The van der Waals surface area contributed by atoms with Crippen molar-refractivity contribution >= 4 is 0 Å². The Kier molecular flexibility index (Phi) is 9.61. The van der Waals surface area contributed by atoms with Gasteiger partial charge in [-0.05, 0) is 55.0 Å². The Labute approximate surface area is 236 Å². The van der Waals surface area contributed by atoms with Crippen molar-refractivity contribution in [3.05, 3.63) is 54.5 Å². The van der Waals surface area contributed by atoms with Crippen molar-refractivity contribution < 1.29 is 18.3 Å². The first kappa shape index (κ1) is 28.4. The number of hydrogen-bond acceptors (Lipinski definition) is 5. The first-order chi connectivity index (χ1) is 19.5. The highest BCUT2D eigenvalue weighted by Crippen LogP contribution is 2.46. The number of benzene rings is 1. The van der Waals surface area contributed by atoms with Crippen LogP contribution in [0.4, 0.5) is 8.78 Å². The van der Waals surface area contributed by atoms with Crippen LogP contribution >= 0.6 is 0 Å². The molecule has 1 atom stereocenters. The molecule has 0 radical (unpaired) electrons. The van der Waals surface area contributed by atoms with Gasteiger partial charge in [0, 0.05) is 18.0 Å². The molecule has 5 rings (SSSR count). The Morgan fingerprint density at radius 3 is 2.25 bits per heavy atom. The molecule has 2 aromatic heterocycles. The van der Waals surface area contributed by atoms with Gasteiger partial charge in [-0.2, -0.15) is 8.78 Å². The van der Waals surface area contributed by atoms with Crippen LogP contribution in [0.5, 0.6) is 11.5 Å². The molecular weight excluding hydrogens is 508 g/mol. The Balaban J connectivity index is 1.13. The molecule has 1 saturated carbocycles. The molecule has 5 nitrogen and oxygen atoms in total. The number of nitrogens with zero attached hydrogens (tertiary/aromatic N) is 3. The normalized spacial score (nSPS) is 17.4. The second-order valence-electron chi connectivity index (χ2n) is 11.3. The van der Waals surface area contributed by atoms with Crippen molar-refractivity contribution in [1.82, 2.24) is 15.0 Å². The summed E-state index contributed by atoms with van der Waals surface area (Å²) in [5, 5.41) is 0. The zero-order valence-electron chi connectivity index (χ0n) is 23.6. The lowest BCUT2D eigenvalue weighted by molar-refractivity contribution is -0.0818. The Morgan fingerprint density at radius 2 is 1.52 bits per heavy atom. The predicted octanol–water partition coefficient (Wildman–Crippen LogP) is 9.16. The molecule has 1 fully saturated rings. The van der Waals surface area contributed by atoms with Crippen molar-refractivity contribution in [2.45, 2.75) is 102 Å². The molecule has 40 heavy (non-hydrogen) atoms. The zero-order chi connectivity index (χ0) is 27.8. The highest BCUT2D eigenvalue weighted by atomic mass is 19.3. The Morgan fingerprint density at radius 1 is 0.825 bits per heavy atom. The van der Waals surface area contributed by atoms with Crippen LogP contribution in [0.1, 0.15) is 96.1 Å². The van der Waals surface area contributed by atoms with Gasteiger partial charge in [0.1, 0.15) is 17.2 Å². The first-order valence-electron chi connectivity index (χ1n) is 15.2. The molecule has 1 unspecified atom stereocenters. The maximum atomic E-state index is 15.1. The van der Waals surface area contributed by atoms with Crippen molar-refractivity contribution in [2.75, 3.05) is 6.61 Å². The third-order valence-electron chi connectivity index (χ3n) is 7.96. The van der Waals surface area contributed by atoms with Gasteiger partial charge >= 0.3 is 5.92 Å². The van der Waals surface area contributed by atoms with Gasteiger partial charge in [-0.3, -0.25) is 0 Å². The van der Waals surface area contributed by atoms with E-state index in [1.54, 1.807) is 24.5 Å². The third-order valence-corrected chi connectivity index (χ3v) is 7.96. The molecule has 0 amide bonds. The van der Waals surface area contributed by atoms with Crippen LogP contribution in [-0.4, -0.2) is 27.7 Å². The number of rotatable bonds is 16. The van der Waals surface area contributed by atoms with Crippen LogP contribution in [0.2, 0.25) is 0 Å². The van der Waals surface area contributed by atoms with E-state index in [4.69, 9.17) is 9.47 Å². The highest BCUT2D eigenvalue weighted by Gasteiger charge is 2.52. The van der Waals surface area contributed by atoms with Gasteiger partial charge in [0.15, 0.2) is 17.6 Å². The lowest BCUT2D eigenvalue weighted by Gasteiger charge is -2.17. The standard InChI is InChI=1S/C33H41F2N3O2/c1-2-3-4-5-9-12-30-33(34,35)31-29(40-30)20-19-28(38-31)32-36-22-26(23-37-32)25-15-17-27(18-16-25)39-21-10-7-6-8-11-24-13-14-24/h15-20,22-24,30H,2-14,21H2,1H3. The smallest absolute Gasteiger partial charge is 0.329 e. The molecule has 2 aliphatic rings. The second-order valence-corrected chi connectivity index (χ2v) is 11.3. The van der Waals surface area contributed by atoms with Crippen LogP contribution in [0.25, 0.3) is 22.6 Å². The van der Waals surface area contributed by atoms with Gasteiger partial charge in [-0.25, -0.2) is 15.0 Å². The number of unbranched alkanes of at least 4 members (excludes halogenated alkanes) is 7. The van der Waals surface area contributed by atoms with Crippen LogP contribution in [0, 0.1) is 5.92 Å². The summed E-state index contributed by atoms with van der Waals surface area (Å²) in [5.41, 5.74) is 1.80. The second kappa shape index (κ2) is 13.5. The molecule has 1 aromatic carbocycles. The van der Waals surface area contributed by atoms with E-state index in [9.17, 15) is 0 Å². The largest absolute Gasteiger partial charge is 0.494 e. The average Bonchev–Trinajstić information content (AvgIpc) is 3.77. The zero-order valence-corrected chi connectivity index (χ0v) is 23.6. The number of pyridine rings is 1. The number of hydrogen-bond donors (Lipinski definition) is 0. The van der Waals surface area contributed by atoms with Crippen LogP contribution in [-0.2, 0) is 5.92 Å². The van der Waals surface area contributed by atoms with E-state index in [0.717, 1.165) is 67.9 Å². The summed E-state index contributed by atoms with van der Waals surface area (Å²) in [6, 6.07) is 11.1. The third kappa shape index (κ3) is 7.35. The van der Waals surface area contributed by atoms with E-state index in [0.29, 0.717) is 17.9 Å². The average molecular weight is 550 g/mol. The summed E-state index contributed by atoms with van der Waals surface area (Å²) in [5.74, 6) is -0.792. The molecule has 0 saturated heterocycles. The fraction of sp³-hybridized carbons (Fsp3) is 0.545. The number of ether oxygens (including phenoxy) is 2. The maximum Gasteiger partial charge on any atom is 0.329 e. The molecule has 0 N–H and O–H groups in total. The first-order valence-corrected chi connectivity index (χ1v) is 15.2. The fourth-order valence-electron chi connectivity index (χ4n) is 5.30. The van der Waals surface area contributed by atoms with E-state index in [1.165, 1.54) is 38.5 Å². The lowest BCUT2D eigenvalue weighted by atomic mass is 10.0. The van der Waals surface area contributed by atoms with E-state index < -0.39 is 12.0 Å². The molecule has 214 valence electrons. The summed E-state index contributed by atoms with van der Waals surface area (Å²) < 4.78 is 41.8. The Hall–Kier alpha value is -3.09. The van der Waals surface area contributed by atoms with Crippen molar-refractivity contribution in [3.8, 4) is 34.1 Å². The molecule has 3 heterocycles. The molecule has 7 heteroatoms. The van der Waals surface area contributed by atoms with Crippen molar-refractivity contribution in [2.24, 2.45) is 5.92 Å². The number of alkyl halides is 2. The number of halogens is 2. The van der Waals surface area contributed by atoms with E-state index in [1.807, 2.05) is 24.3 Å². The van der Waals surface area contributed by atoms with Crippen LogP contribution in [0.3, 0.4) is 0 Å². The van der Waals surface area contributed by atoms with Gasteiger partial charge in [0.05, 0.1) is 6.61 Å². The van der Waals surface area contributed by atoms with Crippen molar-refractivity contribution in [3.63, 3.8) is 0 Å². The Bertz CT molecular complexity index is 1210. The minimum Gasteiger partial charge on any atom is -0.494 e. The van der Waals surface area contributed by atoms with E-state index in [-0.39, 0.29) is 11.4 Å². The highest BCUT2D eigenvalue weighted by molar-refractivity contribution is 5.64. The van der Waals surface area contributed by atoms with Gasteiger partial charge < -0.3 is 9.47 Å². The summed E-state index contributed by atoms with van der Waals surface area (Å²) in [4.78, 5) is 13.1. The topological polar surface area (TPSA) is 57.1 Å². The molecule has 1 aliphatic heterocycles. The summed E-state index contributed by atoms with van der Waals surface area (Å²) in [6.07, 6.45) is 16.8.